The Morgan fingerprint density at radius 1 is 1.18 bits per heavy atom. The first-order chi connectivity index (χ1) is 10.4. The van der Waals surface area contributed by atoms with Gasteiger partial charge in [-0.05, 0) is 13.5 Å². The van der Waals surface area contributed by atoms with Gasteiger partial charge in [-0.15, -0.1) is 0 Å². The molecule has 2 amide bonds. The van der Waals surface area contributed by atoms with Crippen molar-refractivity contribution in [2.45, 2.75) is 18.9 Å². The zero-order valence-corrected chi connectivity index (χ0v) is 13.7. The van der Waals surface area contributed by atoms with Gasteiger partial charge in [0.05, 0.1) is 17.4 Å². The number of piperazine rings is 1. The summed E-state index contributed by atoms with van der Waals surface area (Å²) in [6.07, 6.45) is 0.727. The van der Waals surface area contributed by atoms with Crippen molar-refractivity contribution in [3.8, 4) is 0 Å². The summed E-state index contributed by atoms with van der Waals surface area (Å²) in [6.45, 7) is 3.51. The van der Waals surface area contributed by atoms with Gasteiger partial charge in [-0.25, -0.2) is 8.42 Å². The number of carbonyl (C=O) groups is 2. The van der Waals surface area contributed by atoms with Crippen molar-refractivity contribution in [3.05, 3.63) is 0 Å². The molecule has 0 aromatic rings. The first kappa shape index (κ1) is 15.7. The fourth-order valence-corrected chi connectivity index (χ4v) is 5.29. The van der Waals surface area contributed by atoms with Crippen molar-refractivity contribution < 1.29 is 18.0 Å². The van der Waals surface area contributed by atoms with Gasteiger partial charge in [0.2, 0.25) is 11.8 Å². The van der Waals surface area contributed by atoms with E-state index in [0.29, 0.717) is 26.1 Å². The average Bonchev–Trinajstić information content (AvgIpc) is 3.01. The van der Waals surface area contributed by atoms with Crippen LogP contribution in [-0.2, 0) is 19.4 Å². The van der Waals surface area contributed by atoms with Crippen LogP contribution in [0.3, 0.4) is 0 Å². The van der Waals surface area contributed by atoms with E-state index in [4.69, 9.17) is 0 Å². The molecule has 0 saturated carbocycles. The second kappa shape index (κ2) is 5.81. The molecule has 0 N–H and O–H groups in total. The van der Waals surface area contributed by atoms with Crippen molar-refractivity contribution in [3.63, 3.8) is 0 Å². The highest BCUT2D eigenvalue weighted by atomic mass is 32.2. The predicted molar refractivity (Wildman–Crippen MR) is 81.0 cm³/mol. The third-order valence-corrected chi connectivity index (χ3v) is 6.72. The molecule has 3 rings (SSSR count). The van der Waals surface area contributed by atoms with Crippen molar-refractivity contribution in [1.29, 1.82) is 0 Å². The van der Waals surface area contributed by atoms with Crippen LogP contribution in [0.2, 0.25) is 0 Å². The lowest BCUT2D eigenvalue weighted by atomic mass is 10.1. The lowest BCUT2D eigenvalue weighted by molar-refractivity contribution is -0.137. The molecular weight excluding hydrogens is 306 g/mol. The van der Waals surface area contributed by atoms with Crippen molar-refractivity contribution in [1.82, 2.24) is 14.7 Å². The quantitative estimate of drug-likeness (QED) is 0.636. The molecule has 8 heteroatoms. The molecule has 3 heterocycles. The molecule has 2 atom stereocenters. The number of sulfone groups is 1. The molecular formula is C14H23N3O4S. The molecule has 0 aliphatic carbocycles. The standard InChI is InChI=1S/C14H23N3O4S/c1-15-3-5-16(6-4-15)14(19)11-8-13(18)17(9-11)12-2-7-22(20,21)10-12/h11-12H,2-10H2,1H3. The highest BCUT2D eigenvalue weighted by Crippen LogP contribution is 2.27. The lowest BCUT2D eigenvalue weighted by Crippen LogP contribution is -2.49. The van der Waals surface area contributed by atoms with E-state index < -0.39 is 9.84 Å². The fourth-order valence-electron chi connectivity index (χ4n) is 3.56. The van der Waals surface area contributed by atoms with Crippen LogP contribution in [0.4, 0.5) is 0 Å². The normalized spacial score (nSPS) is 32.7. The Balaban J connectivity index is 1.61. The number of amides is 2. The van der Waals surface area contributed by atoms with Crippen molar-refractivity contribution in [2.24, 2.45) is 5.92 Å². The number of hydrogen-bond acceptors (Lipinski definition) is 5. The minimum atomic E-state index is -3.02. The largest absolute Gasteiger partial charge is 0.340 e. The monoisotopic (exact) mass is 329 g/mol. The van der Waals surface area contributed by atoms with Gasteiger partial charge in [0.15, 0.2) is 9.84 Å². The third kappa shape index (κ3) is 3.12. The van der Waals surface area contributed by atoms with E-state index in [-0.39, 0.29) is 41.7 Å². The SMILES string of the molecule is CN1CCN(C(=O)C2CC(=O)N(C3CCS(=O)(=O)C3)C2)CC1. The summed E-state index contributed by atoms with van der Waals surface area (Å²) in [4.78, 5) is 30.4. The number of hydrogen-bond donors (Lipinski definition) is 0. The Labute approximate surface area is 131 Å². The number of likely N-dealkylation sites (N-methyl/N-ethyl adjacent to an activating group) is 1. The molecule has 0 aromatic heterocycles. The molecule has 3 fully saturated rings. The van der Waals surface area contributed by atoms with E-state index in [1.165, 1.54) is 0 Å². The van der Waals surface area contributed by atoms with E-state index in [9.17, 15) is 18.0 Å². The van der Waals surface area contributed by atoms with E-state index in [2.05, 4.69) is 4.90 Å². The molecule has 3 aliphatic rings. The maximum Gasteiger partial charge on any atom is 0.228 e. The van der Waals surface area contributed by atoms with Crippen LogP contribution in [0.15, 0.2) is 0 Å². The zero-order valence-electron chi connectivity index (χ0n) is 12.9. The summed E-state index contributed by atoms with van der Waals surface area (Å²) in [7, 11) is -0.984. The molecule has 0 spiro atoms. The van der Waals surface area contributed by atoms with Crippen molar-refractivity contribution in [2.75, 3.05) is 51.3 Å². The topological polar surface area (TPSA) is 78.0 Å². The minimum absolute atomic E-state index is 0.0461. The first-order valence-corrected chi connectivity index (χ1v) is 9.65. The summed E-state index contributed by atoms with van der Waals surface area (Å²) < 4.78 is 23.2. The Morgan fingerprint density at radius 2 is 1.86 bits per heavy atom. The molecule has 2 unspecified atom stereocenters. The van der Waals surface area contributed by atoms with E-state index in [1.54, 1.807) is 4.90 Å². The molecule has 3 aliphatic heterocycles. The van der Waals surface area contributed by atoms with Crippen LogP contribution in [0.1, 0.15) is 12.8 Å². The van der Waals surface area contributed by atoms with Crippen molar-refractivity contribution >= 4 is 21.7 Å². The third-order valence-electron chi connectivity index (χ3n) is 4.97. The van der Waals surface area contributed by atoms with E-state index in [0.717, 1.165) is 13.1 Å². The second-order valence-electron chi connectivity index (χ2n) is 6.63. The van der Waals surface area contributed by atoms with Crippen LogP contribution in [0, 0.1) is 5.92 Å². The summed E-state index contributed by atoms with van der Waals surface area (Å²) in [5.41, 5.74) is 0. The number of nitrogens with zero attached hydrogens (tertiary/aromatic N) is 3. The number of carbonyl (C=O) groups excluding carboxylic acids is 2. The van der Waals surface area contributed by atoms with Crippen LogP contribution < -0.4 is 0 Å². The summed E-state index contributed by atoms with van der Waals surface area (Å²) in [6, 6.07) is -0.234. The van der Waals surface area contributed by atoms with Gasteiger partial charge in [-0.2, -0.15) is 0 Å². The first-order valence-electron chi connectivity index (χ1n) is 7.83. The van der Waals surface area contributed by atoms with Crippen LogP contribution >= 0.6 is 0 Å². The van der Waals surface area contributed by atoms with Gasteiger partial charge in [-0.1, -0.05) is 0 Å². The second-order valence-corrected chi connectivity index (χ2v) is 8.86. The summed E-state index contributed by atoms with van der Waals surface area (Å²) >= 11 is 0. The summed E-state index contributed by atoms with van der Waals surface area (Å²) in [5.74, 6) is -0.134. The molecule has 22 heavy (non-hydrogen) atoms. The molecule has 0 radical (unpaired) electrons. The molecule has 0 bridgehead atoms. The van der Waals surface area contributed by atoms with Gasteiger partial charge in [0, 0.05) is 45.2 Å². The molecule has 3 saturated heterocycles. The molecule has 0 aromatic carbocycles. The van der Waals surface area contributed by atoms with Gasteiger partial charge < -0.3 is 14.7 Å². The lowest BCUT2D eigenvalue weighted by Gasteiger charge is -2.34. The van der Waals surface area contributed by atoms with E-state index >= 15 is 0 Å². The molecule has 124 valence electrons. The predicted octanol–water partition coefficient (Wildman–Crippen LogP) is -1.20. The van der Waals surface area contributed by atoms with Gasteiger partial charge >= 0.3 is 0 Å². The van der Waals surface area contributed by atoms with Crippen LogP contribution in [0.25, 0.3) is 0 Å². The Morgan fingerprint density at radius 3 is 2.45 bits per heavy atom. The highest BCUT2D eigenvalue weighted by molar-refractivity contribution is 7.91. The Hall–Kier alpha value is -1.15. The Kier molecular flexibility index (Phi) is 4.15. The van der Waals surface area contributed by atoms with E-state index in [1.807, 2.05) is 11.9 Å². The van der Waals surface area contributed by atoms with Gasteiger partial charge in [-0.3, -0.25) is 9.59 Å². The maximum atomic E-state index is 12.6. The smallest absolute Gasteiger partial charge is 0.228 e. The maximum absolute atomic E-state index is 12.6. The van der Waals surface area contributed by atoms with Gasteiger partial charge in [0.25, 0.3) is 0 Å². The Bertz CT molecular complexity index is 569. The van der Waals surface area contributed by atoms with Crippen LogP contribution in [-0.4, -0.2) is 92.3 Å². The number of likely N-dealkylation sites (tertiary alicyclic amines) is 1. The van der Waals surface area contributed by atoms with Gasteiger partial charge in [0.1, 0.15) is 0 Å². The van der Waals surface area contributed by atoms with Crippen LogP contribution in [0.5, 0.6) is 0 Å². The molecule has 7 nitrogen and oxygen atoms in total. The highest BCUT2D eigenvalue weighted by Gasteiger charge is 2.43. The average molecular weight is 329 g/mol. The summed E-state index contributed by atoms with van der Waals surface area (Å²) in [5, 5.41) is 0. The minimum Gasteiger partial charge on any atom is -0.340 e. The fraction of sp³-hybridized carbons (Fsp3) is 0.857. The zero-order chi connectivity index (χ0) is 15.9. The number of rotatable bonds is 2.